The molecule has 16 heavy (non-hydrogen) atoms. The molecular weight excluding hydrogens is 321 g/mol. The van der Waals surface area contributed by atoms with E-state index in [0.29, 0.717) is 19.8 Å². The van der Waals surface area contributed by atoms with Gasteiger partial charge in [-0.15, -0.1) is 0 Å². The largest absolute Gasteiger partial charge is 0.396 e. The first-order valence-corrected chi connectivity index (χ1v) is 6.19. The summed E-state index contributed by atoms with van der Waals surface area (Å²) < 4.78 is 7.83. The van der Waals surface area contributed by atoms with Crippen LogP contribution in [-0.2, 0) is 11.3 Å². The molecule has 0 bridgehead atoms. The van der Waals surface area contributed by atoms with E-state index in [9.17, 15) is 9.90 Å². The van der Waals surface area contributed by atoms with Crippen molar-refractivity contribution >= 4 is 22.6 Å². The topological polar surface area (TPSA) is 51.5 Å². The van der Waals surface area contributed by atoms with Crippen LogP contribution in [0.4, 0.5) is 0 Å². The second-order valence-electron chi connectivity index (χ2n) is 4.43. The SMILES string of the molecule is Cc1cc(I)cn(CC2(CO)COC2)c1=O. The lowest BCUT2D eigenvalue weighted by molar-refractivity contribution is -0.145. The first-order chi connectivity index (χ1) is 7.56. The average Bonchev–Trinajstić information content (AvgIpc) is 2.18. The number of aliphatic hydroxyl groups excluding tert-OH is 1. The van der Waals surface area contributed by atoms with Gasteiger partial charge in [0.05, 0.1) is 25.2 Å². The van der Waals surface area contributed by atoms with Gasteiger partial charge >= 0.3 is 0 Å². The van der Waals surface area contributed by atoms with Crippen LogP contribution in [0.1, 0.15) is 5.56 Å². The predicted octanol–water partition coefficient (Wildman–Crippen LogP) is 0.770. The Kier molecular flexibility index (Phi) is 3.37. The Morgan fingerprint density at radius 3 is 2.81 bits per heavy atom. The fourth-order valence-corrected chi connectivity index (χ4v) is 2.65. The summed E-state index contributed by atoms with van der Waals surface area (Å²) in [6, 6.07) is 1.86. The lowest BCUT2D eigenvalue weighted by atomic mass is 9.87. The quantitative estimate of drug-likeness (QED) is 0.831. The number of pyridine rings is 1. The Balaban J connectivity index is 2.31. The summed E-state index contributed by atoms with van der Waals surface area (Å²) in [4.78, 5) is 11.9. The van der Waals surface area contributed by atoms with Crippen LogP contribution in [0.3, 0.4) is 0 Å². The van der Waals surface area contributed by atoms with E-state index >= 15 is 0 Å². The van der Waals surface area contributed by atoms with Crippen molar-refractivity contribution in [3.8, 4) is 0 Å². The normalized spacial score (nSPS) is 18.2. The minimum atomic E-state index is -0.263. The van der Waals surface area contributed by atoms with Crippen molar-refractivity contribution in [2.45, 2.75) is 13.5 Å². The van der Waals surface area contributed by atoms with Crippen molar-refractivity contribution in [1.82, 2.24) is 4.57 Å². The molecule has 0 spiro atoms. The molecule has 1 N–H and O–H groups in total. The van der Waals surface area contributed by atoms with E-state index in [1.54, 1.807) is 4.57 Å². The van der Waals surface area contributed by atoms with Crippen LogP contribution in [0.25, 0.3) is 0 Å². The van der Waals surface area contributed by atoms with Crippen LogP contribution in [0, 0.1) is 15.9 Å². The Hall–Kier alpha value is -0.400. The van der Waals surface area contributed by atoms with Gasteiger partial charge in [-0.05, 0) is 35.6 Å². The maximum absolute atomic E-state index is 11.9. The van der Waals surface area contributed by atoms with Gasteiger partial charge in [-0.1, -0.05) is 0 Å². The summed E-state index contributed by atoms with van der Waals surface area (Å²) in [6.07, 6.45) is 1.83. The molecule has 1 fully saturated rings. The van der Waals surface area contributed by atoms with Crippen molar-refractivity contribution < 1.29 is 9.84 Å². The summed E-state index contributed by atoms with van der Waals surface area (Å²) in [5.41, 5.74) is 0.487. The minimum Gasteiger partial charge on any atom is -0.396 e. The highest BCUT2D eigenvalue weighted by Gasteiger charge is 2.38. The molecule has 1 aromatic heterocycles. The molecule has 0 aromatic carbocycles. The zero-order valence-corrected chi connectivity index (χ0v) is 11.2. The maximum Gasteiger partial charge on any atom is 0.253 e. The highest BCUT2D eigenvalue weighted by Crippen LogP contribution is 2.28. The smallest absolute Gasteiger partial charge is 0.253 e. The summed E-state index contributed by atoms with van der Waals surface area (Å²) in [5, 5.41) is 9.33. The molecule has 2 heterocycles. The fraction of sp³-hybridized carbons (Fsp3) is 0.545. The molecule has 1 saturated heterocycles. The summed E-state index contributed by atoms with van der Waals surface area (Å²) >= 11 is 2.19. The number of hydrogen-bond acceptors (Lipinski definition) is 3. The third kappa shape index (κ3) is 2.16. The van der Waals surface area contributed by atoms with Gasteiger partial charge in [0.1, 0.15) is 0 Å². The van der Waals surface area contributed by atoms with Crippen LogP contribution in [0.2, 0.25) is 0 Å². The second-order valence-corrected chi connectivity index (χ2v) is 5.67. The van der Waals surface area contributed by atoms with Crippen LogP contribution < -0.4 is 5.56 Å². The van der Waals surface area contributed by atoms with Gasteiger partial charge in [0.2, 0.25) is 0 Å². The number of halogens is 1. The molecule has 0 aliphatic carbocycles. The molecule has 0 atom stereocenters. The Labute approximate surface area is 107 Å². The fourth-order valence-electron chi connectivity index (χ4n) is 1.84. The van der Waals surface area contributed by atoms with Gasteiger partial charge in [0, 0.05) is 21.9 Å². The zero-order chi connectivity index (χ0) is 11.8. The van der Waals surface area contributed by atoms with Crippen LogP contribution >= 0.6 is 22.6 Å². The van der Waals surface area contributed by atoms with Crippen LogP contribution in [0.15, 0.2) is 17.1 Å². The van der Waals surface area contributed by atoms with E-state index in [0.717, 1.165) is 9.13 Å². The van der Waals surface area contributed by atoms with Gasteiger partial charge in [-0.3, -0.25) is 4.79 Å². The monoisotopic (exact) mass is 335 g/mol. The zero-order valence-electron chi connectivity index (χ0n) is 9.07. The predicted molar refractivity (Wildman–Crippen MR) is 68.5 cm³/mol. The number of nitrogens with zero attached hydrogens (tertiary/aromatic N) is 1. The van der Waals surface area contributed by atoms with Crippen molar-refractivity contribution in [2.24, 2.45) is 5.41 Å². The molecule has 0 saturated carbocycles. The van der Waals surface area contributed by atoms with E-state index in [1.807, 2.05) is 19.2 Å². The molecule has 1 aromatic rings. The molecule has 1 aliphatic rings. The van der Waals surface area contributed by atoms with Gasteiger partial charge in [0.15, 0.2) is 0 Å². The number of ether oxygens (including phenoxy) is 1. The van der Waals surface area contributed by atoms with Crippen molar-refractivity contribution in [1.29, 1.82) is 0 Å². The van der Waals surface area contributed by atoms with Gasteiger partial charge in [0.25, 0.3) is 5.56 Å². The molecule has 0 amide bonds. The third-order valence-corrected chi connectivity index (χ3v) is 3.48. The summed E-state index contributed by atoms with van der Waals surface area (Å²) in [5.74, 6) is 0. The molecule has 0 unspecified atom stereocenters. The number of aromatic nitrogens is 1. The highest BCUT2D eigenvalue weighted by molar-refractivity contribution is 14.1. The van der Waals surface area contributed by atoms with E-state index in [1.165, 1.54) is 0 Å². The first kappa shape index (κ1) is 12.1. The molecular formula is C11H14INO3. The van der Waals surface area contributed by atoms with Crippen molar-refractivity contribution in [3.05, 3.63) is 31.8 Å². The van der Waals surface area contributed by atoms with Gasteiger partial charge < -0.3 is 14.4 Å². The van der Waals surface area contributed by atoms with E-state index in [-0.39, 0.29) is 17.6 Å². The summed E-state index contributed by atoms with van der Waals surface area (Å²) in [6.45, 7) is 3.45. The van der Waals surface area contributed by atoms with Gasteiger partial charge in [-0.25, -0.2) is 0 Å². The van der Waals surface area contributed by atoms with Crippen LogP contribution in [0.5, 0.6) is 0 Å². The molecule has 0 radical (unpaired) electrons. The average molecular weight is 335 g/mol. The molecule has 4 nitrogen and oxygen atoms in total. The molecule has 88 valence electrons. The van der Waals surface area contributed by atoms with Crippen molar-refractivity contribution in [2.75, 3.05) is 19.8 Å². The second kappa shape index (κ2) is 4.46. The summed E-state index contributed by atoms with van der Waals surface area (Å²) in [7, 11) is 0. The maximum atomic E-state index is 11.9. The molecule has 1 aliphatic heterocycles. The van der Waals surface area contributed by atoms with Crippen LogP contribution in [-0.4, -0.2) is 29.5 Å². The Morgan fingerprint density at radius 2 is 2.31 bits per heavy atom. The third-order valence-electron chi connectivity index (χ3n) is 2.89. The standard InChI is InChI=1S/C11H14INO3/c1-8-2-9(12)3-13(10(8)15)4-11(5-14)6-16-7-11/h2-3,14H,4-7H2,1H3. The molecule has 5 heteroatoms. The highest BCUT2D eigenvalue weighted by atomic mass is 127. The van der Waals surface area contributed by atoms with E-state index < -0.39 is 0 Å². The minimum absolute atomic E-state index is 0.0140. The lowest BCUT2D eigenvalue weighted by Gasteiger charge is -2.40. The number of aryl methyl sites for hydroxylation is 1. The van der Waals surface area contributed by atoms with E-state index in [4.69, 9.17) is 4.74 Å². The first-order valence-electron chi connectivity index (χ1n) is 5.11. The number of rotatable bonds is 3. The Bertz CT molecular complexity index is 446. The molecule has 2 rings (SSSR count). The van der Waals surface area contributed by atoms with E-state index in [2.05, 4.69) is 22.6 Å². The lowest BCUT2D eigenvalue weighted by Crippen LogP contribution is -2.50. The van der Waals surface area contributed by atoms with Gasteiger partial charge in [-0.2, -0.15) is 0 Å². The number of aliphatic hydroxyl groups is 1. The Morgan fingerprint density at radius 1 is 1.62 bits per heavy atom. The van der Waals surface area contributed by atoms with Crippen molar-refractivity contribution in [3.63, 3.8) is 0 Å². The number of hydrogen-bond donors (Lipinski definition) is 1.